The predicted molar refractivity (Wildman–Crippen MR) is 146 cm³/mol. The van der Waals surface area contributed by atoms with Gasteiger partial charge in [-0.05, 0) is 78.4 Å². The van der Waals surface area contributed by atoms with Crippen LogP contribution in [0, 0.1) is 6.92 Å². The summed E-state index contributed by atoms with van der Waals surface area (Å²) in [5.74, 6) is 0.740. The third-order valence-electron chi connectivity index (χ3n) is 7.14. The zero-order valence-corrected chi connectivity index (χ0v) is 22.2. The Bertz CT molecular complexity index is 1400. The summed E-state index contributed by atoms with van der Waals surface area (Å²) >= 11 is 1.57. The maximum absolute atomic E-state index is 13.8. The number of rotatable bonds is 6. The van der Waals surface area contributed by atoms with Crippen LogP contribution in [0.2, 0.25) is 0 Å². The zero-order valence-electron chi connectivity index (χ0n) is 21.4. The fourth-order valence-electron chi connectivity index (χ4n) is 5.29. The molecule has 1 aliphatic heterocycles. The van der Waals surface area contributed by atoms with Gasteiger partial charge in [-0.2, -0.15) is 11.3 Å². The average molecular weight is 515 g/mol. The molecular formula is C30H30N2O4S. The molecule has 0 radical (unpaired) electrons. The number of benzene rings is 2. The van der Waals surface area contributed by atoms with Crippen molar-refractivity contribution < 1.29 is 19.1 Å². The summed E-state index contributed by atoms with van der Waals surface area (Å²) in [5.41, 5.74) is 6.75. The molecule has 37 heavy (non-hydrogen) atoms. The molecule has 1 aliphatic carbocycles. The smallest absolute Gasteiger partial charge is 0.254 e. The molecule has 2 N–H and O–H groups in total. The molecule has 0 fully saturated rings. The lowest BCUT2D eigenvalue weighted by atomic mass is 9.72. The number of allylic oxidation sites excluding steroid dienone is 3. The standard InChI is InChI=1S/C30H30N2O4S/c1-17-5-8-22(9-6-17)32-30(34)27-18(2)31-23-13-21(19-7-10-25(35-3)26(15-19)36-4)14-24(33)29(23)28(27)20-11-12-37-16-20/h5-12,15-16,21,28,31H,13-14H2,1-4H3,(H,32,34)/t21-,28+/m1/s1. The summed E-state index contributed by atoms with van der Waals surface area (Å²) in [6, 6.07) is 15.5. The Labute approximate surface area is 221 Å². The van der Waals surface area contributed by atoms with Gasteiger partial charge in [0.15, 0.2) is 17.3 Å². The van der Waals surface area contributed by atoms with Crippen LogP contribution in [0.25, 0.3) is 0 Å². The number of ether oxygens (including phenoxy) is 2. The molecule has 2 heterocycles. The lowest BCUT2D eigenvalue weighted by Crippen LogP contribution is -2.36. The number of methoxy groups -OCH3 is 2. The predicted octanol–water partition coefficient (Wildman–Crippen LogP) is 6.07. The molecule has 6 nitrogen and oxygen atoms in total. The topological polar surface area (TPSA) is 76.7 Å². The van der Waals surface area contributed by atoms with E-state index < -0.39 is 5.92 Å². The highest BCUT2D eigenvalue weighted by Crippen LogP contribution is 2.46. The number of hydrogen-bond acceptors (Lipinski definition) is 6. The lowest BCUT2D eigenvalue weighted by Gasteiger charge is -2.36. The SMILES string of the molecule is COc1ccc([C@H]2CC(=O)C3=C(C2)NC(C)=C(C(=O)Nc2ccc(C)cc2)[C@@H]3c2ccsc2)cc1OC. The first-order chi connectivity index (χ1) is 17.9. The molecule has 2 aliphatic rings. The molecule has 1 aromatic heterocycles. The Morgan fingerprint density at radius 2 is 1.73 bits per heavy atom. The van der Waals surface area contributed by atoms with E-state index in [1.165, 1.54) is 0 Å². The number of amides is 1. The van der Waals surface area contributed by atoms with Crippen LogP contribution in [0.3, 0.4) is 0 Å². The fraction of sp³-hybridized carbons (Fsp3) is 0.267. The van der Waals surface area contributed by atoms with Crippen molar-refractivity contribution in [3.8, 4) is 11.5 Å². The Balaban J connectivity index is 1.50. The number of carbonyl (C=O) groups excluding carboxylic acids is 2. The van der Waals surface area contributed by atoms with Crippen LogP contribution in [0.5, 0.6) is 11.5 Å². The van der Waals surface area contributed by atoms with Gasteiger partial charge in [0.05, 0.1) is 14.2 Å². The molecule has 1 amide bonds. The molecule has 190 valence electrons. The van der Waals surface area contributed by atoms with Crippen molar-refractivity contribution >= 4 is 28.7 Å². The third-order valence-corrected chi connectivity index (χ3v) is 7.84. The van der Waals surface area contributed by atoms with Crippen molar-refractivity contribution in [2.75, 3.05) is 19.5 Å². The van der Waals surface area contributed by atoms with E-state index in [1.807, 2.05) is 73.1 Å². The minimum atomic E-state index is -0.410. The maximum Gasteiger partial charge on any atom is 0.254 e. The normalized spacial score (nSPS) is 19.3. The van der Waals surface area contributed by atoms with Crippen LogP contribution in [-0.4, -0.2) is 25.9 Å². The van der Waals surface area contributed by atoms with E-state index in [4.69, 9.17) is 9.47 Å². The van der Waals surface area contributed by atoms with Gasteiger partial charge in [0.1, 0.15) is 0 Å². The van der Waals surface area contributed by atoms with Gasteiger partial charge < -0.3 is 20.1 Å². The minimum absolute atomic E-state index is 0.00239. The van der Waals surface area contributed by atoms with E-state index in [-0.39, 0.29) is 17.6 Å². The average Bonchev–Trinajstić information content (AvgIpc) is 3.43. The van der Waals surface area contributed by atoms with Crippen LogP contribution in [-0.2, 0) is 9.59 Å². The van der Waals surface area contributed by atoms with Crippen LogP contribution in [0.15, 0.2) is 81.8 Å². The Morgan fingerprint density at radius 1 is 0.973 bits per heavy atom. The van der Waals surface area contributed by atoms with Gasteiger partial charge in [0.25, 0.3) is 5.91 Å². The second kappa shape index (κ2) is 10.3. The van der Waals surface area contributed by atoms with Crippen LogP contribution >= 0.6 is 11.3 Å². The quantitative estimate of drug-likeness (QED) is 0.417. The number of nitrogens with one attached hydrogen (secondary N) is 2. The summed E-state index contributed by atoms with van der Waals surface area (Å²) in [4.78, 5) is 27.4. The van der Waals surface area contributed by atoms with Gasteiger partial charge in [0, 0.05) is 40.6 Å². The molecule has 0 saturated carbocycles. The highest BCUT2D eigenvalue weighted by molar-refractivity contribution is 7.08. The summed E-state index contributed by atoms with van der Waals surface area (Å²) in [5, 5.41) is 10.5. The molecule has 0 spiro atoms. The first kappa shape index (κ1) is 24.8. The Morgan fingerprint density at radius 3 is 2.41 bits per heavy atom. The van der Waals surface area contributed by atoms with E-state index in [0.717, 1.165) is 33.8 Å². The van der Waals surface area contributed by atoms with Gasteiger partial charge >= 0.3 is 0 Å². The van der Waals surface area contributed by atoms with E-state index in [0.29, 0.717) is 35.5 Å². The fourth-order valence-corrected chi connectivity index (χ4v) is 5.98. The first-order valence-electron chi connectivity index (χ1n) is 12.3. The van der Waals surface area contributed by atoms with E-state index in [9.17, 15) is 9.59 Å². The highest BCUT2D eigenvalue weighted by Gasteiger charge is 2.41. The molecule has 0 saturated heterocycles. The third kappa shape index (κ3) is 4.79. The first-order valence-corrected chi connectivity index (χ1v) is 13.2. The summed E-state index contributed by atoms with van der Waals surface area (Å²) in [6.45, 7) is 3.92. The summed E-state index contributed by atoms with van der Waals surface area (Å²) < 4.78 is 10.9. The van der Waals surface area contributed by atoms with Crippen molar-refractivity contribution in [1.82, 2.24) is 5.32 Å². The molecule has 2 atom stereocenters. The van der Waals surface area contributed by atoms with Gasteiger partial charge in [-0.25, -0.2) is 0 Å². The number of dihydropyridines is 1. The Hall–Kier alpha value is -3.84. The van der Waals surface area contributed by atoms with Crippen molar-refractivity contribution in [3.05, 3.63) is 98.5 Å². The van der Waals surface area contributed by atoms with Gasteiger partial charge in [-0.3, -0.25) is 9.59 Å². The summed E-state index contributed by atoms with van der Waals surface area (Å²) in [6.07, 6.45) is 1.03. The molecule has 0 bridgehead atoms. The van der Waals surface area contributed by atoms with Crippen molar-refractivity contribution in [1.29, 1.82) is 0 Å². The number of anilines is 1. The molecule has 0 unspecified atom stereocenters. The van der Waals surface area contributed by atoms with Crippen molar-refractivity contribution in [3.63, 3.8) is 0 Å². The lowest BCUT2D eigenvalue weighted by molar-refractivity contribution is -0.116. The number of thiophene rings is 1. The van der Waals surface area contributed by atoms with Gasteiger partial charge in [-0.15, -0.1) is 0 Å². The number of ketones is 1. The largest absolute Gasteiger partial charge is 0.493 e. The van der Waals surface area contributed by atoms with E-state index >= 15 is 0 Å². The van der Waals surface area contributed by atoms with Crippen LogP contribution in [0.1, 0.15) is 48.3 Å². The van der Waals surface area contributed by atoms with E-state index in [2.05, 4.69) is 10.6 Å². The molecule has 7 heteroatoms. The summed E-state index contributed by atoms with van der Waals surface area (Å²) in [7, 11) is 3.22. The highest BCUT2D eigenvalue weighted by atomic mass is 32.1. The molecule has 2 aromatic carbocycles. The minimum Gasteiger partial charge on any atom is -0.493 e. The number of hydrogen-bond donors (Lipinski definition) is 2. The monoisotopic (exact) mass is 514 g/mol. The van der Waals surface area contributed by atoms with Gasteiger partial charge in [0.2, 0.25) is 0 Å². The van der Waals surface area contributed by atoms with Crippen LogP contribution in [0.4, 0.5) is 5.69 Å². The number of carbonyl (C=O) groups is 2. The van der Waals surface area contributed by atoms with E-state index in [1.54, 1.807) is 25.6 Å². The van der Waals surface area contributed by atoms with Gasteiger partial charge in [-0.1, -0.05) is 23.8 Å². The molecule has 5 rings (SSSR count). The molecular weight excluding hydrogens is 484 g/mol. The number of Topliss-reactive ketones (excluding diaryl/α,β-unsaturated/α-hetero) is 1. The second-order valence-corrected chi connectivity index (χ2v) is 10.3. The van der Waals surface area contributed by atoms with Crippen LogP contribution < -0.4 is 20.1 Å². The number of aryl methyl sites for hydroxylation is 1. The molecule has 3 aromatic rings. The zero-order chi connectivity index (χ0) is 26.1. The van der Waals surface area contributed by atoms with Crippen molar-refractivity contribution in [2.45, 2.75) is 38.5 Å². The maximum atomic E-state index is 13.8. The second-order valence-electron chi connectivity index (χ2n) is 9.51. The Kier molecular flexibility index (Phi) is 6.89. The van der Waals surface area contributed by atoms with Crippen molar-refractivity contribution in [2.24, 2.45) is 0 Å².